The van der Waals surface area contributed by atoms with E-state index in [0.717, 1.165) is 17.9 Å². The first kappa shape index (κ1) is 16.0. The lowest BCUT2D eigenvalue weighted by atomic mass is 10.2. The number of hydrogen-bond donors (Lipinski definition) is 0. The van der Waals surface area contributed by atoms with Gasteiger partial charge in [-0.1, -0.05) is 6.92 Å². The first-order chi connectivity index (χ1) is 11.6. The van der Waals surface area contributed by atoms with Gasteiger partial charge in [-0.15, -0.1) is 0 Å². The molecule has 0 radical (unpaired) electrons. The lowest BCUT2D eigenvalue weighted by Gasteiger charge is -2.35. The Labute approximate surface area is 138 Å². The van der Waals surface area contributed by atoms with Crippen LogP contribution >= 0.6 is 0 Å². The summed E-state index contributed by atoms with van der Waals surface area (Å²) in [5, 5.41) is 10.6. The van der Waals surface area contributed by atoms with Crippen LogP contribution < -0.4 is 4.90 Å². The van der Waals surface area contributed by atoms with Crippen LogP contribution in [0.15, 0.2) is 34.9 Å². The highest BCUT2D eigenvalue weighted by Crippen LogP contribution is 2.19. The first-order valence-corrected chi connectivity index (χ1v) is 7.82. The minimum Gasteiger partial charge on any atom is -0.456 e. The van der Waals surface area contributed by atoms with Gasteiger partial charge in [0.05, 0.1) is 5.69 Å². The summed E-state index contributed by atoms with van der Waals surface area (Å²) in [6, 6.07) is 6.62. The lowest BCUT2D eigenvalue weighted by Crippen LogP contribution is -2.48. The van der Waals surface area contributed by atoms with Crippen molar-refractivity contribution < 1.29 is 14.1 Å². The lowest BCUT2D eigenvalue weighted by molar-refractivity contribution is -0.389. The Morgan fingerprint density at radius 1 is 1.25 bits per heavy atom. The molecular formula is C16H18N4O4. The average Bonchev–Trinajstić information content (AvgIpc) is 3.10. The van der Waals surface area contributed by atoms with Crippen LogP contribution in [0, 0.1) is 10.1 Å². The summed E-state index contributed by atoms with van der Waals surface area (Å²) in [5.74, 6) is 0.902. The molecule has 3 rings (SSSR count). The Bertz CT molecular complexity index is 733. The highest BCUT2D eigenvalue weighted by molar-refractivity contribution is 5.91. The van der Waals surface area contributed by atoms with Gasteiger partial charge in [-0.3, -0.25) is 4.79 Å². The van der Waals surface area contributed by atoms with Crippen molar-refractivity contribution in [1.82, 2.24) is 9.88 Å². The van der Waals surface area contributed by atoms with Gasteiger partial charge in [0, 0.05) is 38.7 Å². The molecule has 2 aromatic heterocycles. The van der Waals surface area contributed by atoms with Crippen molar-refractivity contribution in [1.29, 1.82) is 0 Å². The number of pyridine rings is 1. The van der Waals surface area contributed by atoms with E-state index in [1.54, 1.807) is 17.0 Å². The topological polar surface area (TPSA) is 92.7 Å². The number of amides is 1. The largest absolute Gasteiger partial charge is 0.456 e. The molecule has 0 unspecified atom stereocenters. The quantitative estimate of drug-likeness (QED) is 0.629. The molecule has 126 valence electrons. The number of nitrogens with zero attached hydrogens (tertiary/aromatic N) is 4. The third-order valence-electron chi connectivity index (χ3n) is 4.07. The SMILES string of the molecule is CCc1ccc(C(=O)N2CCN(c3ccc([N+](=O)[O-])nc3)CC2)o1. The van der Waals surface area contributed by atoms with Gasteiger partial charge in [0.15, 0.2) is 12.0 Å². The molecule has 0 aromatic carbocycles. The van der Waals surface area contributed by atoms with Gasteiger partial charge in [0.2, 0.25) is 0 Å². The van der Waals surface area contributed by atoms with Crippen molar-refractivity contribution in [3.8, 4) is 0 Å². The predicted octanol–water partition coefficient (Wildman–Crippen LogP) is 2.11. The van der Waals surface area contributed by atoms with Crippen molar-refractivity contribution in [2.75, 3.05) is 31.1 Å². The zero-order valence-corrected chi connectivity index (χ0v) is 13.3. The molecule has 0 saturated carbocycles. The van der Waals surface area contributed by atoms with Gasteiger partial charge in [0.1, 0.15) is 5.76 Å². The van der Waals surface area contributed by atoms with E-state index in [2.05, 4.69) is 9.88 Å². The van der Waals surface area contributed by atoms with E-state index in [-0.39, 0.29) is 11.7 Å². The Morgan fingerprint density at radius 3 is 2.54 bits per heavy atom. The summed E-state index contributed by atoms with van der Waals surface area (Å²) in [4.78, 5) is 30.2. The van der Waals surface area contributed by atoms with Crippen LogP contribution in [0.25, 0.3) is 0 Å². The number of anilines is 1. The van der Waals surface area contributed by atoms with E-state index in [1.165, 1.54) is 12.3 Å². The number of aromatic nitrogens is 1. The molecule has 0 spiro atoms. The van der Waals surface area contributed by atoms with Gasteiger partial charge in [-0.25, -0.2) is 0 Å². The number of carbonyl (C=O) groups excluding carboxylic acids is 1. The molecule has 3 heterocycles. The predicted molar refractivity (Wildman–Crippen MR) is 87.1 cm³/mol. The summed E-state index contributed by atoms with van der Waals surface area (Å²) in [6.45, 7) is 4.40. The molecule has 8 heteroatoms. The minimum absolute atomic E-state index is 0.101. The van der Waals surface area contributed by atoms with E-state index < -0.39 is 4.92 Å². The van der Waals surface area contributed by atoms with E-state index in [0.29, 0.717) is 31.9 Å². The van der Waals surface area contributed by atoms with Crippen LogP contribution in [0.4, 0.5) is 11.5 Å². The van der Waals surface area contributed by atoms with Crippen molar-refractivity contribution >= 4 is 17.4 Å². The molecule has 1 saturated heterocycles. The number of carbonyl (C=O) groups is 1. The second-order valence-electron chi connectivity index (χ2n) is 5.53. The normalized spacial score (nSPS) is 14.7. The fourth-order valence-electron chi connectivity index (χ4n) is 2.68. The number of furan rings is 1. The molecule has 1 fully saturated rings. The van der Waals surface area contributed by atoms with E-state index >= 15 is 0 Å². The summed E-state index contributed by atoms with van der Waals surface area (Å²) >= 11 is 0. The smallest absolute Gasteiger partial charge is 0.363 e. The second kappa shape index (κ2) is 6.69. The third kappa shape index (κ3) is 3.22. The van der Waals surface area contributed by atoms with Crippen molar-refractivity contribution in [3.05, 3.63) is 52.1 Å². The Kier molecular flexibility index (Phi) is 4.45. The second-order valence-corrected chi connectivity index (χ2v) is 5.53. The van der Waals surface area contributed by atoms with Crippen LogP contribution in [0.2, 0.25) is 0 Å². The molecule has 8 nitrogen and oxygen atoms in total. The number of rotatable bonds is 4. The molecule has 0 atom stereocenters. The Balaban J connectivity index is 1.60. The zero-order chi connectivity index (χ0) is 17.1. The molecule has 0 bridgehead atoms. The average molecular weight is 330 g/mol. The monoisotopic (exact) mass is 330 g/mol. The summed E-state index contributed by atoms with van der Waals surface area (Å²) in [6.07, 6.45) is 2.25. The molecule has 1 amide bonds. The summed E-state index contributed by atoms with van der Waals surface area (Å²) < 4.78 is 5.52. The van der Waals surface area contributed by atoms with Gasteiger partial charge >= 0.3 is 5.82 Å². The van der Waals surface area contributed by atoms with E-state index in [1.807, 2.05) is 13.0 Å². The number of aryl methyl sites for hydroxylation is 1. The fraction of sp³-hybridized carbons (Fsp3) is 0.375. The van der Waals surface area contributed by atoms with Gasteiger partial charge < -0.3 is 24.3 Å². The van der Waals surface area contributed by atoms with E-state index in [9.17, 15) is 14.9 Å². The zero-order valence-electron chi connectivity index (χ0n) is 13.3. The maximum atomic E-state index is 12.4. The molecule has 1 aliphatic heterocycles. The minimum atomic E-state index is -0.520. The molecule has 1 aliphatic rings. The van der Waals surface area contributed by atoms with Crippen LogP contribution in [-0.4, -0.2) is 46.9 Å². The highest BCUT2D eigenvalue weighted by Gasteiger charge is 2.25. The van der Waals surface area contributed by atoms with Crippen LogP contribution in [0.1, 0.15) is 23.2 Å². The van der Waals surface area contributed by atoms with Gasteiger partial charge in [0.25, 0.3) is 5.91 Å². The van der Waals surface area contributed by atoms with Crippen LogP contribution in [0.3, 0.4) is 0 Å². The molecule has 0 aliphatic carbocycles. The van der Waals surface area contributed by atoms with Gasteiger partial charge in [-0.2, -0.15) is 0 Å². The molecular weight excluding hydrogens is 312 g/mol. The molecule has 0 N–H and O–H groups in total. The maximum Gasteiger partial charge on any atom is 0.363 e. The summed E-state index contributed by atoms with van der Waals surface area (Å²) in [5.41, 5.74) is 0.818. The number of piperazine rings is 1. The fourth-order valence-corrected chi connectivity index (χ4v) is 2.68. The van der Waals surface area contributed by atoms with E-state index in [4.69, 9.17) is 4.42 Å². The summed E-state index contributed by atoms with van der Waals surface area (Å²) in [7, 11) is 0. The van der Waals surface area contributed by atoms with Crippen molar-refractivity contribution in [3.63, 3.8) is 0 Å². The maximum absolute atomic E-state index is 12.4. The highest BCUT2D eigenvalue weighted by atomic mass is 16.6. The standard InChI is InChI=1S/C16H18N4O4/c1-2-13-4-5-14(24-13)16(21)19-9-7-18(8-10-19)12-3-6-15(17-11-12)20(22)23/h3-6,11H,2,7-10H2,1H3. The Hall–Kier alpha value is -2.90. The Morgan fingerprint density at radius 2 is 2.00 bits per heavy atom. The number of nitro groups is 1. The van der Waals surface area contributed by atoms with Crippen molar-refractivity contribution in [2.45, 2.75) is 13.3 Å². The van der Waals surface area contributed by atoms with Crippen LogP contribution in [-0.2, 0) is 6.42 Å². The molecule has 24 heavy (non-hydrogen) atoms. The van der Waals surface area contributed by atoms with Gasteiger partial charge in [-0.05, 0) is 28.1 Å². The number of hydrogen-bond acceptors (Lipinski definition) is 6. The first-order valence-electron chi connectivity index (χ1n) is 7.82. The molecule has 2 aromatic rings. The third-order valence-corrected chi connectivity index (χ3v) is 4.07. The van der Waals surface area contributed by atoms with Crippen molar-refractivity contribution in [2.24, 2.45) is 0 Å². The van der Waals surface area contributed by atoms with Crippen LogP contribution in [0.5, 0.6) is 0 Å².